The minimum atomic E-state index is 0.474. The maximum absolute atomic E-state index is 8.57. The minimum Gasteiger partial charge on any atom is -0.398 e. The molecule has 0 aliphatic heterocycles. The normalized spacial score (nSPS) is 12.4. The highest BCUT2D eigenvalue weighted by Crippen LogP contribution is 2.02. The fourth-order valence-corrected chi connectivity index (χ4v) is 0.646. The summed E-state index contributed by atoms with van der Waals surface area (Å²) in [5, 5.41) is 8.57. The van der Waals surface area contributed by atoms with Crippen LogP contribution in [0.5, 0.6) is 0 Å². The van der Waals surface area contributed by atoms with E-state index in [1.165, 1.54) is 0 Å². The van der Waals surface area contributed by atoms with Crippen LogP contribution in [0.25, 0.3) is 0 Å². The number of hydrogen-bond donors (Lipinski definition) is 1. The molecule has 0 unspecified atom stereocenters. The SMILES string of the molecule is C=C/C=C(C#N)\C(N)=C/CC. The lowest BCUT2D eigenvalue weighted by atomic mass is 10.2. The van der Waals surface area contributed by atoms with Crippen LogP contribution in [0.2, 0.25) is 0 Å². The molecule has 0 aliphatic rings. The Kier molecular flexibility index (Phi) is 4.59. The zero-order chi connectivity index (χ0) is 8.69. The van der Waals surface area contributed by atoms with Gasteiger partial charge in [0.25, 0.3) is 0 Å². The van der Waals surface area contributed by atoms with Crippen molar-refractivity contribution < 1.29 is 0 Å². The molecule has 58 valence electrons. The first kappa shape index (κ1) is 9.51. The van der Waals surface area contributed by atoms with Crippen LogP contribution >= 0.6 is 0 Å². The second-order valence-electron chi connectivity index (χ2n) is 2.00. The smallest absolute Gasteiger partial charge is 0.101 e. The van der Waals surface area contributed by atoms with Crippen molar-refractivity contribution in [3.8, 4) is 6.07 Å². The van der Waals surface area contributed by atoms with E-state index in [-0.39, 0.29) is 0 Å². The van der Waals surface area contributed by atoms with E-state index in [1.807, 2.05) is 13.0 Å². The molecule has 0 aliphatic carbocycles. The van der Waals surface area contributed by atoms with E-state index in [0.717, 1.165) is 6.42 Å². The van der Waals surface area contributed by atoms with Crippen LogP contribution in [0, 0.1) is 11.3 Å². The Labute approximate surface area is 67.3 Å². The maximum atomic E-state index is 8.57. The molecule has 0 amide bonds. The van der Waals surface area contributed by atoms with E-state index in [9.17, 15) is 0 Å². The summed E-state index contributed by atoms with van der Waals surface area (Å²) in [5.41, 5.74) is 6.54. The third kappa shape index (κ3) is 3.27. The molecule has 0 bridgehead atoms. The van der Waals surface area contributed by atoms with Crippen LogP contribution in [-0.4, -0.2) is 0 Å². The van der Waals surface area contributed by atoms with Crippen LogP contribution < -0.4 is 5.73 Å². The minimum absolute atomic E-state index is 0.474. The Morgan fingerprint density at radius 3 is 2.73 bits per heavy atom. The number of nitriles is 1. The third-order valence-electron chi connectivity index (χ3n) is 1.14. The Balaban J connectivity index is 4.54. The van der Waals surface area contributed by atoms with Crippen molar-refractivity contribution in [2.45, 2.75) is 13.3 Å². The average Bonchev–Trinajstić information content (AvgIpc) is 2.00. The lowest BCUT2D eigenvalue weighted by Gasteiger charge is -1.95. The summed E-state index contributed by atoms with van der Waals surface area (Å²) in [7, 11) is 0. The van der Waals surface area contributed by atoms with Crippen molar-refractivity contribution >= 4 is 0 Å². The van der Waals surface area contributed by atoms with Crippen molar-refractivity contribution in [1.29, 1.82) is 5.26 Å². The first-order chi connectivity index (χ1) is 5.26. The molecule has 0 fully saturated rings. The van der Waals surface area contributed by atoms with Crippen LogP contribution in [-0.2, 0) is 0 Å². The Morgan fingerprint density at radius 2 is 2.36 bits per heavy atom. The summed E-state index contributed by atoms with van der Waals surface area (Å²) in [6.45, 7) is 5.45. The molecule has 0 atom stereocenters. The lowest BCUT2D eigenvalue weighted by Crippen LogP contribution is -1.98. The van der Waals surface area contributed by atoms with E-state index in [2.05, 4.69) is 6.58 Å². The molecule has 0 rings (SSSR count). The average molecular weight is 148 g/mol. The number of rotatable bonds is 3. The highest BCUT2D eigenvalue weighted by molar-refractivity contribution is 5.41. The van der Waals surface area contributed by atoms with Gasteiger partial charge in [-0.05, 0) is 12.5 Å². The number of hydrogen-bond acceptors (Lipinski definition) is 2. The zero-order valence-electron chi connectivity index (χ0n) is 6.67. The molecule has 2 heteroatoms. The van der Waals surface area contributed by atoms with Gasteiger partial charge < -0.3 is 5.73 Å². The molecular weight excluding hydrogens is 136 g/mol. The van der Waals surface area contributed by atoms with Gasteiger partial charge in [-0.25, -0.2) is 0 Å². The van der Waals surface area contributed by atoms with Crippen molar-refractivity contribution in [3.05, 3.63) is 36.1 Å². The molecule has 0 spiro atoms. The fraction of sp³-hybridized carbons (Fsp3) is 0.222. The molecule has 0 aromatic rings. The largest absolute Gasteiger partial charge is 0.398 e. The Hall–Kier alpha value is -1.49. The molecule has 2 nitrogen and oxygen atoms in total. The van der Waals surface area contributed by atoms with Crippen molar-refractivity contribution in [2.75, 3.05) is 0 Å². The van der Waals surface area contributed by atoms with E-state index in [0.29, 0.717) is 11.3 Å². The van der Waals surface area contributed by atoms with Crippen LogP contribution in [0.1, 0.15) is 13.3 Å². The van der Waals surface area contributed by atoms with Gasteiger partial charge in [-0.15, -0.1) is 0 Å². The monoisotopic (exact) mass is 148 g/mol. The zero-order valence-corrected chi connectivity index (χ0v) is 6.67. The van der Waals surface area contributed by atoms with Crippen LogP contribution in [0.3, 0.4) is 0 Å². The number of allylic oxidation sites excluding steroid dienone is 4. The predicted molar refractivity (Wildman–Crippen MR) is 46.5 cm³/mol. The Morgan fingerprint density at radius 1 is 1.73 bits per heavy atom. The third-order valence-corrected chi connectivity index (χ3v) is 1.14. The number of nitrogens with two attached hydrogens (primary N) is 1. The Bertz CT molecular complexity index is 228. The van der Waals surface area contributed by atoms with E-state index < -0.39 is 0 Å². The van der Waals surface area contributed by atoms with Gasteiger partial charge in [0.15, 0.2) is 0 Å². The van der Waals surface area contributed by atoms with Crippen LogP contribution in [0.4, 0.5) is 0 Å². The molecule has 0 aromatic heterocycles. The summed E-state index contributed by atoms with van der Waals surface area (Å²) in [5.74, 6) is 0. The predicted octanol–water partition coefficient (Wildman–Crippen LogP) is 1.87. The first-order valence-electron chi connectivity index (χ1n) is 3.45. The van der Waals surface area contributed by atoms with Gasteiger partial charge >= 0.3 is 0 Å². The van der Waals surface area contributed by atoms with Gasteiger partial charge in [0.2, 0.25) is 0 Å². The van der Waals surface area contributed by atoms with Gasteiger partial charge in [-0.3, -0.25) is 0 Å². The van der Waals surface area contributed by atoms with Gasteiger partial charge in [-0.2, -0.15) is 5.26 Å². The van der Waals surface area contributed by atoms with Gasteiger partial charge in [-0.1, -0.05) is 25.7 Å². The topological polar surface area (TPSA) is 49.8 Å². The standard InChI is InChI=1S/C9H12N2/c1-3-5-8(7-10)9(11)6-4-2/h3,5-6H,1,4,11H2,2H3/b8-5-,9-6+. The van der Waals surface area contributed by atoms with E-state index >= 15 is 0 Å². The summed E-state index contributed by atoms with van der Waals surface area (Å²) >= 11 is 0. The molecule has 0 heterocycles. The summed E-state index contributed by atoms with van der Waals surface area (Å²) in [6.07, 6.45) is 5.79. The molecule has 2 N–H and O–H groups in total. The lowest BCUT2D eigenvalue weighted by molar-refractivity contribution is 1.17. The molecule has 0 saturated heterocycles. The van der Waals surface area contributed by atoms with Crippen molar-refractivity contribution in [1.82, 2.24) is 0 Å². The highest BCUT2D eigenvalue weighted by atomic mass is 14.6. The first-order valence-corrected chi connectivity index (χ1v) is 3.45. The quantitative estimate of drug-likeness (QED) is 0.490. The van der Waals surface area contributed by atoms with Gasteiger partial charge in [0.1, 0.15) is 6.07 Å². The van der Waals surface area contributed by atoms with Gasteiger partial charge in [0.05, 0.1) is 5.57 Å². The summed E-state index contributed by atoms with van der Waals surface area (Å²) in [6, 6.07) is 1.98. The fourth-order valence-electron chi connectivity index (χ4n) is 0.646. The van der Waals surface area contributed by atoms with Crippen molar-refractivity contribution in [3.63, 3.8) is 0 Å². The molecule has 0 aromatic carbocycles. The number of nitrogens with zero attached hydrogens (tertiary/aromatic N) is 1. The second-order valence-corrected chi connectivity index (χ2v) is 2.00. The molecule has 0 saturated carbocycles. The highest BCUT2D eigenvalue weighted by Gasteiger charge is 1.94. The van der Waals surface area contributed by atoms with Crippen molar-refractivity contribution in [2.24, 2.45) is 5.73 Å². The van der Waals surface area contributed by atoms with Crippen LogP contribution in [0.15, 0.2) is 36.1 Å². The molecule has 0 radical (unpaired) electrons. The van der Waals surface area contributed by atoms with Gasteiger partial charge in [0, 0.05) is 5.70 Å². The summed E-state index contributed by atoms with van der Waals surface area (Å²) < 4.78 is 0. The van der Waals surface area contributed by atoms with E-state index in [4.69, 9.17) is 11.0 Å². The summed E-state index contributed by atoms with van der Waals surface area (Å²) in [4.78, 5) is 0. The molecule has 11 heavy (non-hydrogen) atoms. The second kappa shape index (κ2) is 5.31. The maximum Gasteiger partial charge on any atom is 0.101 e. The van der Waals surface area contributed by atoms with E-state index in [1.54, 1.807) is 18.2 Å². The molecular formula is C9H12N2.